The van der Waals surface area contributed by atoms with E-state index < -0.39 is 0 Å². The van der Waals surface area contributed by atoms with Gasteiger partial charge in [-0.3, -0.25) is 4.79 Å². The molecule has 0 radical (unpaired) electrons. The van der Waals surface area contributed by atoms with Crippen LogP contribution in [0.1, 0.15) is 48.1 Å². The molecule has 4 nitrogen and oxygen atoms in total. The number of nitrogens with one attached hydrogen (secondary N) is 2. The van der Waals surface area contributed by atoms with E-state index in [1.165, 1.54) is 36.0 Å². The van der Waals surface area contributed by atoms with E-state index >= 15 is 0 Å². The summed E-state index contributed by atoms with van der Waals surface area (Å²) in [5.74, 6) is 0.713. The van der Waals surface area contributed by atoms with E-state index in [9.17, 15) is 4.79 Å². The number of hydrogen-bond donors (Lipinski definition) is 2. The van der Waals surface area contributed by atoms with E-state index in [0.29, 0.717) is 0 Å². The van der Waals surface area contributed by atoms with Gasteiger partial charge in [0.25, 0.3) is 0 Å². The molecule has 2 aromatic rings. The van der Waals surface area contributed by atoms with Gasteiger partial charge in [-0.1, -0.05) is 24.3 Å². The van der Waals surface area contributed by atoms with Crippen molar-refractivity contribution in [3.8, 4) is 5.75 Å². The van der Waals surface area contributed by atoms with Crippen LogP contribution in [0.5, 0.6) is 5.75 Å². The van der Waals surface area contributed by atoms with Crippen LogP contribution in [-0.2, 0) is 17.6 Å². The Morgan fingerprint density at radius 3 is 2.65 bits per heavy atom. The molecule has 1 aliphatic carbocycles. The fourth-order valence-corrected chi connectivity index (χ4v) is 3.53. The zero-order valence-corrected chi connectivity index (χ0v) is 15.9. The van der Waals surface area contributed by atoms with Crippen molar-refractivity contribution in [3.05, 3.63) is 58.7 Å². The third-order valence-electron chi connectivity index (χ3n) is 5.04. The Morgan fingerprint density at radius 1 is 1.12 bits per heavy atom. The second kappa shape index (κ2) is 8.26. The predicted molar refractivity (Wildman–Crippen MR) is 106 cm³/mol. The summed E-state index contributed by atoms with van der Waals surface area (Å²) < 4.78 is 5.34. The van der Waals surface area contributed by atoms with Gasteiger partial charge in [0, 0.05) is 0 Å². The second-order valence-electron chi connectivity index (χ2n) is 7.08. The number of ether oxygens (including phenoxy) is 1. The normalized spacial score (nSPS) is 14.3. The molecule has 0 saturated heterocycles. The molecule has 2 aromatic carbocycles. The fraction of sp³-hybridized carbons (Fsp3) is 0.409. The van der Waals surface area contributed by atoms with Crippen molar-refractivity contribution >= 4 is 11.6 Å². The predicted octanol–water partition coefficient (Wildman–Crippen LogP) is 4.17. The smallest absolute Gasteiger partial charge is 0.239 e. The highest BCUT2D eigenvalue weighted by Gasteiger charge is 2.14. The van der Waals surface area contributed by atoms with Crippen molar-refractivity contribution in [2.45, 2.75) is 45.6 Å². The standard InChI is InChI=1S/C22H28N2O2/c1-15-8-11-21(26-3)20(12-15)23-14-22(25)24-16(2)18-10-9-17-6-4-5-7-19(17)13-18/h8-13,16,23H,4-7,14H2,1-3H3,(H,24,25)/t16-/m0/s1. The number of methoxy groups -OCH3 is 1. The van der Waals surface area contributed by atoms with Gasteiger partial charge in [0.15, 0.2) is 0 Å². The average molecular weight is 352 g/mol. The number of carbonyl (C=O) groups is 1. The van der Waals surface area contributed by atoms with Gasteiger partial charge in [-0.05, 0) is 73.9 Å². The lowest BCUT2D eigenvalue weighted by Crippen LogP contribution is -2.32. The lowest BCUT2D eigenvalue weighted by Gasteiger charge is -2.20. The van der Waals surface area contributed by atoms with Crippen molar-refractivity contribution in [1.82, 2.24) is 5.32 Å². The van der Waals surface area contributed by atoms with Gasteiger partial charge in [-0.25, -0.2) is 0 Å². The lowest BCUT2D eigenvalue weighted by molar-refractivity contribution is -0.120. The summed E-state index contributed by atoms with van der Waals surface area (Å²) in [5, 5.41) is 6.26. The summed E-state index contributed by atoms with van der Waals surface area (Å²) in [6.45, 7) is 4.27. The molecule has 3 rings (SSSR count). The molecule has 0 unspecified atom stereocenters. The van der Waals surface area contributed by atoms with E-state index in [0.717, 1.165) is 23.4 Å². The van der Waals surface area contributed by atoms with Crippen LogP contribution in [0, 0.1) is 6.92 Å². The monoisotopic (exact) mass is 352 g/mol. The third-order valence-corrected chi connectivity index (χ3v) is 5.04. The maximum absolute atomic E-state index is 12.4. The van der Waals surface area contributed by atoms with Gasteiger partial charge in [0.2, 0.25) is 5.91 Å². The van der Waals surface area contributed by atoms with Crippen molar-refractivity contribution in [2.24, 2.45) is 0 Å². The third kappa shape index (κ3) is 4.37. The highest BCUT2D eigenvalue weighted by atomic mass is 16.5. The van der Waals surface area contributed by atoms with Crippen LogP contribution in [0.2, 0.25) is 0 Å². The summed E-state index contributed by atoms with van der Waals surface area (Å²) in [6, 6.07) is 12.5. The Morgan fingerprint density at radius 2 is 1.88 bits per heavy atom. The highest BCUT2D eigenvalue weighted by molar-refractivity contribution is 5.81. The minimum absolute atomic E-state index is 0.00377. The first-order chi connectivity index (χ1) is 12.6. The lowest BCUT2D eigenvalue weighted by atomic mass is 9.89. The molecule has 138 valence electrons. The first kappa shape index (κ1) is 18.3. The Balaban J connectivity index is 1.59. The van der Waals surface area contributed by atoms with E-state index in [2.05, 4.69) is 28.8 Å². The molecule has 26 heavy (non-hydrogen) atoms. The van der Waals surface area contributed by atoms with E-state index in [1.54, 1.807) is 7.11 Å². The van der Waals surface area contributed by atoms with Crippen molar-refractivity contribution < 1.29 is 9.53 Å². The van der Waals surface area contributed by atoms with Crippen LogP contribution in [0.4, 0.5) is 5.69 Å². The Bertz CT molecular complexity index is 786. The van der Waals surface area contributed by atoms with Crippen LogP contribution >= 0.6 is 0 Å². The number of benzene rings is 2. The summed E-state index contributed by atoms with van der Waals surface area (Å²) in [4.78, 5) is 12.4. The van der Waals surface area contributed by atoms with Gasteiger partial charge in [-0.15, -0.1) is 0 Å². The molecule has 1 amide bonds. The highest BCUT2D eigenvalue weighted by Crippen LogP contribution is 2.26. The largest absolute Gasteiger partial charge is 0.495 e. The summed E-state index contributed by atoms with van der Waals surface area (Å²) in [5.41, 5.74) is 6.04. The van der Waals surface area contributed by atoms with Crippen LogP contribution in [0.3, 0.4) is 0 Å². The van der Waals surface area contributed by atoms with Gasteiger partial charge in [0.05, 0.1) is 25.4 Å². The minimum atomic E-state index is -0.0289. The molecular weight excluding hydrogens is 324 g/mol. The number of anilines is 1. The van der Waals surface area contributed by atoms with E-state index in [-0.39, 0.29) is 18.5 Å². The minimum Gasteiger partial charge on any atom is -0.495 e. The summed E-state index contributed by atoms with van der Waals surface area (Å²) in [7, 11) is 1.63. The quantitative estimate of drug-likeness (QED) is 0.820. The fourth-order valence-electron chi connectivity index (χ4n) is 3.53. The zero-order chi connectivity index (χ0) is 18.5. The SMILES string of the molecule is COc1ccc(C)cc1NCC(=O)N[C@@H](C)c1ccc2c(c1)CCCC2. The molecule has 0 saturated carbocycles. The number of carbonyl (C=O) groups excluding carboxylic acids is 1. The number of aryl methyl sites for hydroxylation is 3. The summed E-state index contributed by atoms with van der Waals surface area (Å²) >= 11 is 0. The van der Waals surface area contributed by atoms with Crippen LogP contribution in [0.15, 0.2) is 36.4 Å². The van der Waals surface area contributed by atoms with E-state index in [4.69, 9.17) is 4.74 Å². The molecule has 0 heterocycles. The molecule has 0 spiro atoms. The summed E-state index contributed by atoms with van der Waals surface area (Å²) in [6.07, 6.45) is 4.88. The number of hydrogen-bond acceptors (Lipinski definition) is 3. The number of fused-ring (bicyclic) bond motifs is 1. The second-order valence-corrected chi connectivity index (χ2v) is 7.08. The van der Waals surface area contributed by atoms with Gasteiger partial charge in [-0.2, -0.15) is 0 Å². The maximum atomic E-state index is 12.4. The Kier molecular flexibility index (Phi) is 5.82. The molecule has 1 aliphatic rings. The van der Waals surface area contributed by atoms with Gasteiger partial charge in [0.1, 0.15) is 5.75 Å². The van der Waals surface area contributed by atoms with Crippen LogP contribution < -0.4 is 15.4 Å². The number of amides is 1. The van der Waals surface area contributed by atoms with Crippen LogP contribution in [0.25, 0.3) is 0 Å². The zero-order valence-electron chi connectivity index (χ0n) is 15.9. The maximum Gasteiger partial charge on any atom is 0.239 e. The molecule has 0 fully saturated rings. The molecule has 2 N–H and O–H groups in total. The van der Waals surface area contributed by atoms with Crippen LogP contribution in [-0.4, -0.2) is 19.6 Å². The van der Waals surface area contributed by atoms with Crippen molar-refractivity contribution in [3.63, 3.8) is 0 Å². The average Bonchev–Trinajstić information content (AvgIpc) is 2.66. The molecule has 4 heteroatoms. The number of rotatable bonds is 6. The topological polar surface area (TPSA) is 50.4 Å². The Labute approximate surface area is 156 Å². The first-order valence-electron chi connectivity index (χ1n) is 9.36. The van der Waals surface area contributed by atoms with Crippen molar-refractivity contribution in [2.75, 3.05) is 19.0 Å². The van der Waals surface area contributed by atoms with Crippen molar-refractivity contribution in [1.29, 1.82) is 0 Å². The van der Waals surface area contributed by atoms with E-state index in [1.807, 2.05) is 32.0 Å². The molecule has 1 atom stereocenters. The molecular formula is C22H28N2O2. The van der Waals surface area contributed by atoms with Gasteiger partial charge < -0.3 is 15.4 Å². The Hall–Kier alpha value is -2.49. The molecule has 0 bridgehead atoms. The van der Waals surface area contributed by atoms with Gasteiger partial charge >= 0.3 is 0 Å². The first-order valence-corrected chi connectivity index (χ1v) is 9.36. The molecule has 0 aliphatic heterocycles. The molecule has 0 aromatic heterocycles.